The number of rotatable bonds is 7. The van der Waals surface area contributed by atoms with Crippen molar-refractivity contribution in [2.45, 2.75) is 37.6 Å². The number of benzene rings is 1. The quantitative estimate of drug-likeness (QED) is 0.794. The predicted octanol–water partition coefficient (Wildman–Crippen LogP) is 2.37. The van der Waals surface area contributed by atoms with Gasteiger partial charge in [0.25, 0.3) is 0 Å². The topological polar surface area (TPSA) is 66.5 Å². The van der Waals surface area contributed by atoms with Crippen molar-refractivity contribution in [2.75, 3.05) is 13.6 Å². The lowest BCUT2D eigenvalue weighted by Crippen LogP contribution is -2.41. The molecule has 1 N–H and O–H groups in total. The highest BCUT2D eigenvalue weighted by atomic mass is 79.9. The smallest absolute Gasteiger partial charge is 0.243 e. The van der Waals surface area contributed by atoms with Crippen LogP contribution in [0.25, 0.3) is 0 Å². The fourth-order valence-corrected chi connectivity index (χ4v) is 3.29. The van der Waals surface area contributed by atoms with Crippen LogP contribution in [-0.4, -0.2) is 38.3 Å². The lowest BCUT2D eigenvalue weighted by Gasteiger charge is -2.19. The minimum Gasteiger partial charge on any atom is -0.353 e. The summed E-state index contributed by atoms with van der Waals surface area (Å²) in [5, 5.41) is 2.79. The first-order valence-corrected chi connectivity index (χ1v) is 9.02. The number of carbonyl (C=O) groups excluding carboxylic acids is 1. The monoisotopic (exact) mass is 376 g/mol. The number of carbonyl (C=O) groups is 1. The van der Waals surface area contributed by atoms with E-state index in [-0.39, 0.29) is 23.4 Å². The van der Waals surface area contributed by atoms with Gasteiger partial charge in [0.15, 0.2) is 0 Å². The molecule has 0 saturated carbocycles. The number of amides is 1. The SMILES string of the molecule is CCC[C@H](C)NC(=O)CN(C)S(=O)(=O)c1ccc(Br)cc1. The molecule has 21 heavy (non-hydrogen) atoms. The Balaban J connectivity index is 2.71. The summed E-state index contributed by atoms with van der Waals surface area (Å²) in [6.45, 7) is 3.75. The van der Waals surface area contributed by atoms with Crippen molar-refractivity contribution in [2.24, 2.45) is 0 Å². The maximum absolute atomic E-state index is 12.3. The van der Waals surface area contributed by atoms with E-state index in [0.29, 0.717) is 0 Å². The Hall–Kier alpha value is -0.920. The third kappa shape index (κ3) is 5.41. The van der Waals surface area contributed by atoms with E-state index in [0.717, 1.165) is 21.6 Å². The van der Waals surface area contributed by atoms with Crippen molar-refractivity contribution < 1.29 is 13.2 Å². The Morgan fingerprint density at radius 3 is 2.43 bits per heavy atom. The van der Waals surface area contributed by atoms with Crippen molar-refractivity contribution in [3.63, 3.8) is 0 Å². The van der Waals surface area contributed by atoms with Gasteiger partial charge in [-0.15, -0.1) is 0 Å². The molecule has 0 aliphatic rings. The molecular weight excluding hydrogens is 356 g/mol. The van der Waals surface area contributed by atoms with E-state index >= 15 is 0 Å². The van der Waals surface area contributed by atoms with E-state index in [1.54, 1.807) is 12.1 Å². The van der Waals surface area contributed by atoms with Crippen LogP contribution >= 0.6 is 15.9 Å². The Labute approximate surface area is 134 Å². The molecule has 0 aromatic heterocycles. The van der Waals surface area contributed by atoms with E-state index in [4.69, 9.17) is 0 Å². The summed E-state index contributed by atoms with van der Waals surface area (Å²) in [6, 6.07) is 6.38. The molecule has 1 aromatic carbocycles. The van der Waals surface area contributed by atoms with Gasteiger partial charge < -0.3 is 5.32 Å². The zero-order chi connectivity index (χ0) is 16.0. The van der Waals surface area contributed by atoms with Gasteiger partial charge in [0.2, 0.25) is 15.9 Å². The molecule has 118 valence electrons. The summed E-state index contributed by atoms with van der Waals surface area (Å²) in [7, 11) is -2.24. The second-order valence-corrected chi connectivity index (χ2v) is 7.93. The van der Waals surface area contributed by atoms with Gasteiger partial charge >= 0.3 is 0 Å². The predicted molar refractivity (Wildman–Crippen MR) is 86.5 cm³/mol. The second-order valence-electron chi connectivity index (χ2n) is 4.97. The summed E-state index contributed by atoms with van der Waals surface area (Å²) < 4.78 is 26.5. The summed E-state index contributed by atoms with van der Waals surface area (Å²) in [5.74, 6) is -0.292. The van der Waals surface area contributed by atoms with Crippen LogP contribution in [0.3, 0.4) is 0 Å². The molecule has 0 spiro atoms. The number of halogens is 1. The molecule has 1 aromatic rings. The van der Waals surface area contributed by atoms with Gasteiger partial charge in [-0.05, 0) is 37.6 Å². The van der Waals surface area contributed by atoms with Crippen LogP contribution in [0.1, 0.15) is 26.7 Å². The molecule has 0 aliphatic heterocycles. The largest absolute Gasteiger partial charge is 0.353 e. The van der Waals surface area contributed by atoms with Gasteiger partial charge in [-0.3, -0.25) is 4.79 Å². The number of likely N-dealkylation sites (N-methyl/N-ethyl adjacent to an activating group) is 1. The van der Waals surface area contributed by atoms with Crippen LogP contribution in [0, 0.1) is 0 Å². The number of sulfonamides is 1. The Kier molecular flexibility index (Phi) is 6.83. The van der Waals surface area contributed by atoms with Crippen LogP contribution in [0.2, 0.25) is 0 Å². The highest BCUT2D eigenvalue weighted by Gasteiger charge is 2.23. The maximum atomic E-state index is 12.3. The average Bonchev–Trinajstić information content (AvgIpc) is 2.39. The van der Waals surface area contributed by atoms with E-state index in [2.05, 4.69) is 21.2 Å². The first kappa shape index (κ1) is 18.1. The second kappa shape index (κ2) is 7.91. The number of hydrogen-bond acceptors (Lipinski definition) is 3. The van der Waals surface area contributed by atoms with Crippen LogP contribution < -0.4 is 5.32 Å². The van der Waals surface area contributed by atoms with Crippen molar-refractivity contribution in [1.29, 1.82) is 0 Å². The molecule has 1 amide bonds. The third-order valence-corrected chi connectivity index (χ3v) is 5.36. The molecule has 0 aliphatic carbocycles. The normalized spacial score (nSPS) is 13.2. The summed E-state index contributed by atoms with van der Waals surface area (Å²) in [5.41, 5.74) is 0. The fourth-order valence-electron chi connectivity index (χ4n) is 1.90. The Morgan fingerprint density at radius 1 is 1.33 bits per heavy atom. The molecule has 0 unspecified atom stereocenters. The molecule has 5 nitrogen and oxygen atoms in total. The molecule has 0 saturated heterocycles. The van der Waals surface area contributed by atoms with Gasteiger partial charge in [0, 0.05) is 17.6 Å². The minimum absolute atomic E-state index is 0.0475. The summed E-state index contributed by atoms with van der Waals surface area (Å²) in [4.78, 5) is 12.0. The van der Waals surface area contributed by atoms with Gasteiger partial charge in [-0.2, -0.15) is 4.31 Å². The van der Waals surface area contributed by atoms with Crippen LogP contribution in [-0.2, 0) is 14.8 Å². The first-order valence-electron chi connectivity index (χ1n) is 6.78. The lowest BCUT2D eigenvalue weighted by atomic mass is 10.2. The fraction of sp³-hybridized carbons (Fsp3) is 0.500. The maximum Gasteiger partial charge on any atom is 0.243 e. The van der Waals surface area contributed by atoms with Crippen molar-refractivity contribution in [3.05, 3.63) is 28.7 Å². The molecule has 0 bridgehead atoms. The zero-order valence-corrected chi connectivity index (χ0v) is 14.9. The van der Waals surface area contributed by atoms with Gasteiger partial charge in [-0.25, -0.2) is 8.42 Å². The van der Waals surface area contributed by atoms with Gasteiger partial charge in [0.1, 0.15) is 0 Å². The molecular formula is C14H21BrN2O3S. The standard InChI is InChI=1S/C14H21BrN2O3S/c1-4-5-11(2)16-14(18)10-17(3)21(19,20)13-8-6-12(15)7-9-13/h6-9,11H,4-5,10H2,1-3H3,(H,16,18)/t11-/m0/s1. The van der Waals surface area contributed by atoms with Gasteiger partial charge in [0.05, 0.1) is 11.4 Å². The van der Waals surface area contributed by atoms with Crippen molar-refractivity contribution >= 4 is 31.9 Å². The summed E-state index contributed by atoms with van der Waals surface area (Å²) >= 11 is 3.26. The molecule has 1 rings (SSSR count). The van der Waals surface area contributed by atoms with Crippen LogP contribution in [0.5, 0.6) is 0 Å². The molecule has 7 heteroatoms. The van der Waals surface area contributed by atoms with E-state index in [1.165, 1.54) is 19.2 Å². The molecule has 0 fully saturated rings. The summed E-state index contributed by atoms with van der Waals surface area (Å²) in [6.07, 6.45) is 1.84. The average molecular weight is 377 g/mol. The number of nitrogens with one attached hydrogen (secondary N) is 1. The lowest BCUT2D eigenvalue weighted by molar-refractivity contribution is -0.121. The van der Waals surface area contributed by atoms with E-state index in [1.807, 2.05) is 13.8 Å². The first-order chi connectivity index (χ1) is 9.77. The highest BCUT2D eigenvalue weighted by Crippen LogP contribution is 2.17. The van der Waals surface area contributed by atoms with Crippen molar-refractivity contribution in [3.8, 4) is 0 Å². The molecule has 0 radical (unpaired) electrons. The third-order valence-electron chi connectivity index (χ3n) is 3.02. The number of nitrogens with zero attached hydrogens (tertiary/aromatic N) is 1. The number of hydrogen-bond donors (Lipinski definition) is 1. The Morgan fingerprint density at radius 2 is 1.90 bits per heavy atom. The molecule has 0 heterocycles. The van der Waals surface area contributed by atoms with Crippen LogP contribution in [0.15, 0.2) is 33.6 Å². The molecule has 1 atom stereocenters. The van der Waals surface area contributed by atoms with Crippen LogP contribution in [0.4, 0.5) is 0 Å². The Bertz CT molecular complexity index is 572. The zero-order valence-electron chi connectivity index (χ0n) is 12.5. The van der Waals surface area contributed by atoms with Crippen molar-refractivity contribution in [1.82, 2.24) is 9.62 Å². The highest BCUT2D eigenvalue weighted by molar-refractivity contribution is 9.10. The van der Waals surface area contributed by atoms with E-state index in [9.17, 15) is 13.2 Å². The minimum atomic E-state index is -3.65. The van der Waals surface area contributed by atoms with Gasteiger partial charge in [-0.1, -0.05) is 29.3 Å². The van der Waals surface area contributed by atoms with E-state index < -0.39 is 10.0 Å².